The van der Waals surface area contributed by atoms with Gasteiger partial charge in [-0.3, -0.25) is 4.79 Å². The molecule has 0 aliphatic rings. The Bertz CT molecular complexity index is 607. The molecule has 2 aromatic rings. The van der Waals surface area contributed by atoms with E-state index in [1.165, 1.54) is 6.26 Å². The molecule has 0 spiro atoms. The molecule has 0 aliphatic carbocycles. The van der Waals surface area contributed by atoms with Crippen molar-refractivity contribution in [3.05, 3.63) is 59.0 Å². The lowest BCUT2D eigenvalue weighted by molar-refractivity contribution is -0.306. The van der Waals surface area contributed by atoms with Crippen molar-refractivity contribution in [1.29, 1.82) is 0 Å². The predicted octanol–water partition coefficient (Wildman–Crippen LogP) is 1.47. The number of rotatable bonds is 6. The van der Waals surface area contributed by atoms with Crippen molar-refractivity contribution in [3.8, 4) is 0 Å². The molecule has 0 bridgehead atoms. The first kappa shape index (κ1) is 15.1. The molecule has 0 saturated carbocycles. The van der Waals surface area contributed by atoms with Gasteiger partial charge in [-0.2, -0.15) is 0 Å². The van der Waals surface area contributed by atoms with Crippen molar-refractivity contribution in [3.63, 3.8) is 0 Å². The molecule has 0 unspecified atom stereocenters. The number of carboxylic acids is 1. The zero-order valence-corrected chi connectivity index (χ0v) is 11.8. The van der Waals surface area contributed by atoms with Gasteiger partial charge in [0.25, 0.3) is 0 Å². The summed E-state index contributed by atoms with van der Waals surface area (Å²) in [6.07, 6.45) is 1.20. The number of carbonyl (C=O) groups is 2. The van der Waals surface area contributed by atoms with E-state index in [0.717, 1.165) is 5.56 Å². The fourth-order valence-corrected chi connectivity index (χ4v) is 2.04. The van der Waals surface area contributed by atoms with Crippen LogP contribution >= 0.6 is 11.6 Å². The molecule has 1 heterocycles. The molecule has 1 aromatic heterocycles. The van der Waals surface area contributed by atoms with E-state index in [0.29, 0.717) is 10.8 Å². The lowest BCUT2D eigenvalue weighted by Crippen LogP contribution is -2.34. The van der Waals surface area contributed by atoms with Gasteiger partial charge in [0.15, 0.2) is 0 Å². The molecule has 1 N–H and O–H groups in total. The number of nitrogens with one attached hydrogen (secondary N) is 1. The maximum Gasteiger partial charge on any atom is 0.225 e. The number of hydrogen-bond donors (Lipinski definition) is 1. The summed E-state index contributed by atoms with van der Waals surface area (Å²) in [5, 5.41) is 14.0. The van der Waals surface area contributed by atoms with Crippen LogP contribution in [0.2, 0.25) is 5.02 Å². The minimum Gasteiger partial charge on any atom is -0.550 e. The third-order valence-corrected chi connectivity index (χ3v) is 3.12. The van der Waals surface area contributed by atoms with Crippen LogP contribution in [0.25, 0.3) is 0 Å². The molecule has 0 fully saturated rings. The Labute approximate surface area is 126 Å². The van der Waals surface area contributed by atoms with Crippen LogP contribution < -0.4 is 10.4 Å². The van der Waals surface area contributed by atoms with E-state index < -0.39 is 12.0 Å². The van der Waals surface area contributed by atoms with Crippen molar-refractivity contribution < 1.29 is 19.1 Å². The Morgan fingerprint density at radius 3 is 2.52 bits per heavy atom. The summed E-state index contributed by atoms with van der Waals surface area (Å²) < 4.78 is 5.14. The highest BCUT2D eigenvalue weighted by Crippen LogP contribution is 2.17. The van der Waals surface area contributed by atoms with Gasteiger partial charge in [0.05, 0.1) is 18.7 Å². The fourth-order valence-electron chi connectivity index (χ4n) is 1.91. The van der Waals surface area contributed by atoms with Crippen molar-refractivity contribution in [2.75, 3.05) is 0 Å². The molecular formula is C15H13ClNO4-. The highest BCUT2D eigenvalue weighted by Gasteiger charge is 2.17. The van der Waals surface area contributed by atoms with Crippen LogP contribution in [-0.4, -0.2) is 11.9 Å². The van der Waals surface area contributed by atoms with Gasteiger partial charge in [0, 0.05) is 17.4 Å². The Morgan fingerprint density at radius 1 is 1.24 bits per heavy atom. The smallest absolute Gasteiger partial charge is 0.225 e. The second-order valence-electron chi connectivity index (χ2n) is 4.51. The maximum absolute atomic E-state index is 12.0. The van der Waals surface area contributed by atoms with Gasteiger partial charge in [-0.1, -0.05) is 23.7 Å². The second-order valence-corrected chi connectivity index (χ2v) is 4.95. The maximum atomic E-state index is 12.0. The number of aliphatic carboxylic acids is 1. The van der Waals surface area contributed by atoms with E-state index >= 15 is 0 Å². The molecule has 1 aromatic carbocycles. The number of hydrogen-bond acceptors (Lipinski definition) is 4. The largest absolute Gasteiger partial charge is 0.550 e. The summed E-state index contributed by atoms with van der Waals surface area (Å²) in [6.45, 7) is 0. The van der Waals surface area contributed by atoms with Gasteiger partial charge in [-0.15, -0.1) is 0 Å². The van der Waals surface area contributed by atoms with Crippen LogP contribution in [0, 0.1) is 0 Å². The highest BCUT2D eigenvalue weighted by atomic mass is 35.5. The molecular weight excluding hydrogens is 294 g/mol. The Kier molecular flexibility index (Phi) is 5.00. The average molecular weight is 307 g/mol. The summed E-state index contributed by atoms with van der Waals surface area (Å²) in [6, 6.07) is 9.35. The van der Waals surface area contributed by atoms with Gasteiger partial charge in [0.2, 0.25) is 5.91 Å². The SMILES string of the molecule is O=C([O-])C[C@@H](NC(=O)Cc1ccc(Cl)cc1)c1ccco1. The molecule has 110 valence electrons. The van der Waals surface area contributed by atoms with Crippen molar-refractivity contribution in [1.82, 2.24) is 5.32 Å². The van der Waals surface area contributed by atoms with Crippen molar-refractivity contribution in [2.45, 2.75) is 18.9 Å². The van der Waals surface area contributed by atoms with Gasteiger partial charge in [-0.05, 0) is 29.8 Å². The average Bonchev–Trinajstić information content (AvgIpc) is 2.94. The molecule has 0 saturated heterocycles. The van der Waals surface area contributed by atoms with E-state index in [1.54, 1.807) is 36.4 Å². The third-order valence-electron chi connectivity index (χ3n) is 2.87. The van der Waals surface area contributed by atoms with Crippen molar-refractivity contribution in [2.24, 2.45) is 0 Å². The molecule has 5 nitrogen and oxygen atoms in total. The lowest BCUT2D eigenvalue weighted by atomic mass is 10.1. The number of halogens is 1. The van der Waals surface area contributed by atoms with E-state index in [1.807, 2.05) is 0 Å². The highest BCUT2D eigenvalue weighted by molar-refractivity contribution is 6.30. The first-order valence-corrected chi connectivity index (χ1v) is 6.69. The number of amides is 1. The molecule has 21 heavy (non-hydrogen) atoms. The summed E-state index contributed by atoms with van der Waals surface area (Å²) >= 11 is 5.77. The third kappa shape index (κ3) is 4.65. The van der Waals surface area contributed by atoms with E-state index in [4.69, 9.17) is 16.0 Å². The molecule has 1 atom stereocenters. The van der Waals surface area contributed by atoms with Crippen LogP contribution in [0.1, 0.15) is 23.8 Å². The fraction of sp³-hybridized carbons (Fsp3) is 0.200. The van der Waals surface area contributed by atoms with Gasteiger partial charge < -0.3 is 19.6 Å². The van der Waals surface area contributed by atoms with E-state index in [-0.39, 0.29) is 18.7 Å². The minimum absolute atomic E-state index is 0.126. The van der Waals surface area contributed by atoms with Gasteiger partial charge in [0.1, 0.15) is 5.76 Å². The number of benzene rings is 1. The topological polar surface area (TPSA) is 82.4 Å². The lowest BCUT2D eigenvalue weighted by Gasteiger charge is -2.17. The normalized spacial score (nSPS) is 11.9. The summed E-state index contributed by atoms with van der Waals surface area (Å²) in [5.74, 6) is -1.19. The Morgan fingerprint density at radius 2 is 1.95 bits per heavy atom. The summed E-state index contributed by atoms with van der Waals surface area (Å²) in [7, 11) is 0. The first-order chi connectivity index (χ1) is 10.0. The summed E-state index contributed by atoms with van der Waals surface area (Å²) in [5.41, 5.74) is 0.781. The molecule has 6 heteroatoms. The van der Waals surface area contributed by atoms with E-state index in [9.17, 15) is 14.7 Å². The number of carboxylic acid groups (broad SMARTS) is 1. The monoisotopic (exact) mass is 306 g/mol. The van der Waals surface area contributed by atoms with Crippen LogP contribution in [-0.2, 0) is 16.0 Å². The Hall–Kier alpha value is -2.27. The standard InChI is InChI=1S/C15H14ClNO4/c16-11-5-3-10(4-6-11)8-14(18)17-12(9-15(19)20)13-2-1-7-21-13/h1-7,12H,8-9H2,(H,17,18)(H,19,20)/p-1/t12-/m1/s1. The molecule has 0 radical (unpaired) electrons. The Balaban J connectivity index is 2.01. The summed E-state index contributed by atoms with van der Waals surface area (Å²) in [4.78, 5) is 22.7. The number of furan rings is 1. The zero-order valence-electron chi connectivity index (χ0n) is 11.0. The molecule has 1 amide bonds. The quantitative estimate of drug-likeness (QED) is 0.876. The molecule has 2 rings (SSSR count). The predicted molar refractivity (Wildman–Crippen MR) is 74.4 cm³/mol. The van der Waals surface area contributed by atoms with Crippen LogP contribution in [0.4, 0.5) is 0 Å². The molecule has 0 aliphatic heterocycles. The zero-order chi connectivity index (χ0) is 15.2. The second kappa shape index (κ2) is 6.95. The van der Waals surface area contributed by atoms with Gasteiger partial charge >= 0.3 is 0 Å². The van der Waals surface area contributed by atoms with Gasteiger partial charge in [-0.25, -0.2) is 0 Å². The number of carbonyl (C=O) groups excluding carboxylic acids is 2. The van der Waals surface area contributed by atoms with Crippen molar-refractivity contribution >= 4 is 23.5 Å². The van der Waals surface area contributed by atoms with Crippen LogP contribution in [0.3, 0.4) is 0 Å². The van der Waals surface area contributed by atoms with Crippen LogP contribution in [0.15, 0.2) is 47.1 Å². The van der Waals surface area contributed by atoms with Crippen LogP contribution in [0.5, 0.6) is 0 Å². The first-order valence-electron chi connectivity index (χ1n) is 6.31. The minimum atomic E-state index is -1.26. The van der Waals surface area contributed by atoms with E-state index in [2.05, 4.69) is 5.32 Å².